The van der Waals surface area contributed by atoms with Crippen molar-refractivity contribution in [1.82, 2.24) is 0 Å². The highest BCUT2D eigenvalue weighted by Gasteiger charge is 2.52. The summed E-state index contributed by atoms with van der Waals surface area (Å²) in [5, 5.41) is 0. The quantitative estimate of drug-likeness (QED) is 0.822. The molecule has 0 aromatic heterocycles. The Bertz CT molecular complexity index is 225. The van der Waals surface area contributed by atoms with E-state index in [1.165, 1.54) is 44.9 Å². The number of hydrogen-bond donors (Lipinski definition) is 1. The molecule has 0 amide bonds. The van der Waals surface area contributed by atoms with Crippen LogP contribution in [0.5, 0.6) is 0 Å². The first kappa shape index (κ1) is 13.3. The molecule has 1 saturated heterocycles. The molecule has 0 spiro atoms. The molecule has 3 nitrogen and oxygen atoms in total. The number of hydrogen-bond acceptors (Lipinski definition) is 3. The average molecular weight is 241 g/mol. The van der Waals surface area contributed by atoms with Gasteiger partial charge in [-0.05, 0) is 32.1 Å². The van der Waals surface area contributed by atoms with Crippen LogP contribution in [0.1, 0.15) is 51.4 Å². The van der Waals surface area contributed by atoms with Crippen molar-refractivity contribution in [2.75, 3.05) is 26.9 Å². The van der Waals surface area contributed by atoms with Crippen LogP contribution in [0.15, 0.2) is 0 Å². The van der Waals surface area contributed by atoms with E-state index in [-0.39, 0.29) is 11.0 Å². The third kappa shape index (κ3) is 2.38. The van der Waals surface area contributed by atoms with Crippen molar-refractivity contribution in [3.63, 3.8) is 0 Å². The van der Waals surface area contributed by atoms with Crippen molar-refractivity contribution in [2.45, 2.75) is 57.0 Å². The first-order chi connectivity index (χ1) is 8.29. The zero-order valence-corrected chi connectivity index (χ0v) is 11.2. The number of methoxy groups -OCH3 is 1. The summed E-state index contributed by atoms with van der Waals surface area (Å²) in [6, 6.07) is 0. The fraction of sp³-hybridized carbons (Fsp3) is 1.00. The van der Waals surface area contributed by atoms with Crippen molar-refractivity contribution in [2.24, 2.45) is 11.1 Å². The summed E-state index contributed by atoms with van der Waals surface area (Å²) >= 11 is 0. The summed E-state index contributed by atoms with van der Waals surface area (Å²) in [5.41, 5.74) is 6.22. The minimum absolute atomic E-state index is 0.102. The van der Waals surface area contributed by atoms with E-state index in [1.807, 2.05) is 0 Å². The number of rotatable bonds is 4. The third-order valence-electron chi connectivity index (χ3n) is 4.90. The highest BCUT2D eigenvalue weighted by Crippen LogP contribution is 2.49. The minimum Gasteiger partial charge on any atom is -0.382 e. The van der Waals surface area contributed by atoms with E-state index in [0.717, 1.165) is 19.6 Å². The Hall–Kier alpha value is -0.120. The van der Waals surface area contributed by atoms with Crippen LogP contribution < -0.4 is 5.73 Å². The molecule has 1 heterocycles. The van der Waals surface area contributed by atoms with Gasteiger partial charge in [-0.1, -0.05) is 19.3 Å². The molecule has 3 heteroatoms. The van der Waals surface area contributed by atoms with Gasteiger partial charge in [0.2, 0.25) is 0 Å². The third-order valence-corrected chi connectivity index (χ3v) is 4.90. The second kappa shape index (κ2) is 5.68. The van der Waals surface area contributed by atoms with Crippen LogP contribution in [0.3, 0.4) is 0 Å². The molecule has 1 atom stereocenters. The Morgan fingerprint density at radius 2 is 1.76 bits per heavy atom. The Morgan fingerprint density at radius 3 is 2.29 bits per heavy atom. The van der Waals surface area contributed by atoms with Gasteiger partial charge < -0.3 is 15.2 Å². The summed E-state index contributed by atoms with van der Waals surface area (Å²) in [4.78, 5) is 0. The second-order valence-corrected chi connectivity index (χ2v) is 5.78. The Morgan fingerprint density at radius 1 is 1.06 bits per heavy atom. The lowest BCUT2D eigenvalue weighted by Crippen LogP contribution is -2.59. The molecule has 0 aromatic carbocycles. The maximum Gasteiger partial charge on any atom is 0.0982 e. The fourth-order valence-electron chi connectivity index (χ4n) is 3.84. The van der Waals surface area contributed by atoms with Gasteiger partial charge in [0.25, 0.3) is 0 Å². The van der Waals surface area contributed by atoms with Gasteiger partial charge >= 0.3 is 0 Å². The highest BCUT2D eigenvalue weighted by molar-refractivity contribution is 5.03. The topological polar surface area (TPSA) is 44.5 Å². The van der Waals surface area contributed by atoms with Gasteiger partial charge in [-0.15, -0.1) is 0 Å². The molecule has 1 unspecified atom stereocenters. The van der Waals surface area contributed by atoms with Gasteiger partial charge in [0.15, 0.2) is 0 Å². The molecule has 2 fully saturated rings. The Labute approximate surface area is 105 Å². The predicted octanol–water partition coefficient (Wildman–Crippen LogP) is 2.48. The average Bonchev–Trinajstić information content (AvgIpc) is 2.41. The SMILES string of the molecule is COCC1(C2(CN)CCCCC2)CCCCO1. The van der Waals surface area contributed by atoms with E-state index < -0.39 is 0 Å². The molecule has 2 N–H and O–H groups in total. The van der Waals surface area contributed by atoms with Gasteiger partial charge in [0.1, 0.15) is 0 Å². The van der Waals surface area contributed by atoms with Crippen LogP contribution in [-0.4, -0.2) is 32.5 Å². The Balaban J connectivity index is 2.21. The van der Waals surface area contributed by atoms with Crippen molar-refractivity contribution >= 4 is 0 Å². The van der Waals surface area contributed by atoms with Crippen LogP contribution in [0.2, 0.25) is 0 Å². The van der Waals surface area contributed by atoms with E-state index in [2.05, 4.69) is 0 Å². The summed E-state index contributed by atoms with van der Waals surface area (Å²) in [7, 11) is 1.78. The lowest BCUT2D eigenvalue weighted by molar-refractivity contribution is -0.195. The monoisotopic (exact) mass is 241 g/mol. The Kier molecular flexibility index (Phi) is 4.45. The molecule has 0 radical (unpaired) electrons. The zero-order valence-electron chi connectivity index (χ0n) is 11.2. The normalized spacial score (nSPS) is 33.5. The largest absolute Gasteiger partial charge is 0.382 e. The first-order valence-electron chi connectivity index (χ1n) is 7.12. The maximum atomic E-state index is 6.23. The lowest BCUT2D eigenvalue weighted by Gasteiger charge is -2.53. The molecule has 17 heavy (non-hydrogen) atoms. The van der Waals surface area contributed by atoms with E-state index in [9.17, 15) is 0 Å². The molecule has 1 aliphatic carbocycles. The number of ether oxygens (including phenoxy) is 2. The highest BCUT2D eigenvalue weighted by atomic mass is 16.5. The molecule has 0 bridgehead atoms. The van der Waals surface area contributed by atoms with Crippen molar-refractivity contribution < 1.29 is 9.47 Å². The predicted molar refractivity (Wildman–Crippen MR) is 69.0 cm³/mol. The van der Waals surface area contributed by atoms with Gasteiger partial charge in [0.05, 0.1) is 12.2 Å². The van der Waals surface area contributed by atoms with E-state index in [4.69, 9.17) is 15.2 Å². The molecule has 1 aliphatic heterocycles. The van der Waals surface area contributed by atoms with E-state index in [1.54, 1.807) is 7.11 Å². The molecule has 0 aromatic rings. The second-order valence-electron chi connectivity index (χ2n) is 5.78. The molecule has 2 aliphatic rings. The van der Waals surface area contributed by atoms with Crippen LogP contribution in [0.4, 0.5) is 0 Å². The standard InChI is InChI=1S/C14H27NO2/c1-16-12-14(9-5-6-10-17-14)13(11-15)7-3-2-4-8-13/h2-12,15H2,1H3. The van der Waals surface area contributed by atoms with Gasteiger partial charge in [0, 0.05) is 25.7 Å². The van der Waals surface area contributed by atoms with Gasteiger partial charge in [-0.2, -0.15) is 0 Å². The fourth-order valence-corrected chi connectivity index (χ4v) is 3.84. The maximum absolute atomic E-state index is 6.23. The van der Waals surface area contributed by atoms with Crippen molar-refractivity contribution in [1.29, 1.82) is 0 Å². The minimum atomic E-state index is -0.102. The van der Waals surface area contributed by atoms with Crippen molar-refractivity contribution in [3.8, 4) is 0 Å². The van der Waals surface area contributed by atoms with Gasteiger partial charge in [-0.3, -0.25) is 0 Å². The van der Waals surface area contributed by atoms with Crippen molar-refractivity contribution in [3.05, 3.63) is 0 Å². The zero-order chi connectivity index (χ0) is 12.2. The van der Waals surface area contributed by atoms with E-state index >= 15 is 0 Å². The lowest BCUT2D eigenvalue weighted by atomic mass is 9.61. The molecule has 100 valence electrons. The first-order valence-corrected chi connectivity index (χ1v) is 7.12. The molecular weight excluding hydrogens is 214 g/mol. The summed E-state index contributed by atoms with van der Waals surface area (Å²) in [6.07, 6.45) is 9.94. The van der Waals surface area contributed by atoms with Crippen LogP contribution in [0.25, 0.3) is 0 Å². The molecule has 1 saturated carbocycles. The van der Waals surface area contributed by atoms with E-state index in [0.29, 0.717) is 6.61 Å². The van der Waals surface area contributed by atoms with Crippen LogP contribution in [-0.2, 0) is 9.47 Å². The smallest absolute Gasteiger partial charge is 0.0982 e. The number of nitrogens with two attached hydrogens (primary N) is 1. The van der Waals surface area contributed by atoms with Crippen LogP contribution in [0, 0.1) is 5.41 Å². The summed E-state index contributed by atoms with van der Waals surface area (Å²) in [5.74, 6) is 0. The molecular formula is C14H27NO2. The molecule has 2 rings (SSSR count). The summed E-state index contributed by atoms with van der Waals surface area (Å²) in [6.45, 7) is 2.34. The summed E-state index contributed by atoms with van der Waals surface area (Å²) < 4.78 is 11.7. The van der Waals surface area contributed by atoms with Gasteiger partial charge in [-0.25, -0.2) is 0 Å². The van der Waals surface area contributed by atoms with Crippen LogP contribution >= 0.6 is 0 Å².